The molecule has 1 radical (unpaired) electrons. The Kier molecular flexibility index (Phi) is 20.9. The van der Waals surface area contributed by atoms with E-state index in [9.17, 15) is 0 Å². The minimum Gasteiger partial charge on any atom is -0.681 e. The van der Waals surface area contributed by atoms with Crippen LogP contribution in [0.3, 0.4) is 0 Å². The minimum atomic E-state index is 0. The average Bonchev–Trinajstić information content (AvgIpc) is 2.29. The predicted octanol–water partition coefficient (Wildman–Crippen LogP) is 5.45. The van der Waals surface area contributed by atoms with Gasteiger partial charge in [-0.15, -0.1) is 17.6 Å². The van der Waals surface area contributed by atoms with Gasteiger partial charge in [0.25, 0.3) is 0 Å². The Bertz CT molecular complexity index is 185. The summed E-state index contributed by atoms with van der Waals surface area (Å²) in [6.45, 7) is 20.1. The van der Waals surface area contributed by atoms with Gasteiger partial charge in [0.2, 0.25) is 0 Å². The van der Waals surface area contributed by atoms with Crippen LogP contribution in [0.15, 0.2) is 0 Å². The van der Waals surface area contributed by atoms with Crippen LogP contribution in [0.2, 0.25) is 0 Å². The first-order chi connectivity index (χ1) is 9.26. The van der Waals surface area contributed by atoms with Crippen LogP contribution in [-0.2, 0) is 16.8 Å². The third-order valence-corrected chi connectivity index (χ3v) is 2.54. The Morgan fingerprint density at radius 2 is 1.24 bits per heavy atom. The zero-order chi connectivity index (χ0) is 16.0. The normalized spacial score (nSPS) is 13.7. The van der Waals surface area contributed by atoms with Crippen LogP contribution in [0.25, 0.3) is 21.3 Å². The molecular weight excluding hydrogens is 307 g/mol. The molecule has 0 aromatic rings. The summed E-state index contributed by atoms with van der Waals surface area (Å²) in [7, 11) is 0. The molecule has 21 heavy (non-hydrogen) atoms. The van der Waals surface area contributed by atoms with Crippen molar-refractivity contribution in [2.45, 2.75) is 79.4 Å². The van der Waals surface area contributed by atoms with Gasteiger partial charge >= 0.3 is 0 Å². The van der Waals surface area contributed by atoms with Crippen molar-refractivity contribution < 1.29 is 16.8 Å². The monoisotopic (exact) mass is 343 g/mol. The van der Waals surface area contributed by atoms with E-state index in [1.807, 2.05) is 6.92 Å². The van der Waals surface area contributed by atoms with Gasteiger partial charge in [0.1, 0.15) is 0 Å². The minimum absolute atomic E-state index is 0. The standard InChI is InChI=1S/C9H20N2.C7H16N2.Co/c1-5-10-8(3)7-9(4)11-6-2;1-5-8-6-9-7(2,3)4;/h8-9H,5-7H2,1-4H3;5-6H2,1-4H3;/q2*-2;. The zero-order valence-corrected chi connectivity index (χ0v) is 16.4. The fourth-order valence-corrected chi connectivity index (χ4v) is 1.63. The Labute approximate surface area is 144 Å². The van der Waals surface area contributed by atoms with Crippen molar-refractivity contribution in [3.8, 4) is 0 Å². The molecule has 0 fully saturated rings. The van der Waals surface area contributed by atoms with Crippen LogP contribution < -0.4 is 0 Å². The van der Waals surface area contributed by atoms with Gasteiger partial charge in [-0.1, -0.05) is 61.8 Å². The molecule has 0 heterocycles. The molecular formula is C16H36CoN4-4. The molecule has 0 spiro atoms. The Morgan fingerprint density at radius 3 is 1.52 bits per heavy atom. The molecule has 0 aliphatic rings. The maximum Gasteiger partial charge on any atom is 0 e. The largest absolute Gasteiger partial charge is 0.681 e. The summed E-state index contributed by atoms with van der Waals surface area (Å²) in [5.74, 6) is 0. The van der Waals surface area contributed by atoms with E-state index < -0.39 is 0 Å². The summed E-state index contributed by atoms with van der Waals surface area (Å²) < 4.78 is 0. The third kappa shape index (κ3) is 25.6. The second-order valence-corrected chi connectivity index (χ2v) is 5.94. The van der Waals surface area contributed by atoms with Crippen LogP contribution >= 0.6 is 0 Å². The number of hydrogen-bond acceptors (Lipinski definition) is 0. The van der Waals surface area contributed by atoms with Gasteiger partial charge in [-0.25, -0.2) is 0 Å². The maximum absolute atomic E-state index is 4.39. The summed E-state index contributed by atoms with van der Waals surface area (Å²) >= 11 is 0. The molecule has 5 heteroatoms. The van der Waals surface area contributed by atoms with E-state index in [1.165, 1.54) is 0 Å². The van der Waals surface area contributed by atoms with Crippen LogP contribution in [-0.4, -0.2) is 43.9 Å². The van der Waals surface area contributed by atoms with Crippen molar-refractivity contribution in [2.24, 2.45) is 0 Å². The molecule has 0 saturated carbocycles. The topological polar surface area (TPSA) is 56.4 Å². The summed E-state index contributed by atoms with van der Waals surface area (Å²) in [5, 5.41) is 17.1. The maximum atomic E-state index is 4.39. The van der Waals surface area contributed by atoms with Crippen molar-refractivity contribution in [1.82, 2.24) is 0 Å². The number of nitrogens with zero attached hydrogens (tertiary/aromatic N) is 4. The molecule has 0 aromatic heterocycles. The van der Waals surface area contributed by atoms with Gasteiger partial charge in [-0.3, -0.25) is 6.67 Å². The predicted molar refractivity (Wildman–Crippen MR) is 93.2 cm³/mol. The van der Waals surface area contributed by atoms with Gasteiger partial charge in [0.05, 0.1) is 0 Å². The SMILES string of the molecule is CC[N-]C(C)CC(C)[N-]CC.CC[N-]C[N-]C(C)(C)C.[Co]. The number of rotatable bonds is 9. The van der Waals surface area contributed by atoms with Gasteiger partial charge in [0, 0.05) is 16.8 Å². The van der Waals surface area contributed by atoms with E-state index in [1.54, 1.807) is 0 Å². The van der Waals surface area contributed by atoms with E-state index >= 15 is 0 Å². The Hall–Kier alpha value is 0.346. The van der Waals surface area contributed by atoms with Crippen LogP contribution in [0, 0.1) is 0 Å². The average molecular weight is 343 g/mol. The summed E-state index contributed by atoms with van der Waals surface area (Å²) in [4.78, 5) is 0. The molecule has 0 aliphatic heterocycles. The van der Waals surface area contributed by atoms with E-state index in [0.717, 1.165) is 26.1 Å². The van der Waals surface area contributed by atoms with E-state index in [0.29, 0.717) is 18.8 Å². The molecule has 0 amide bonds. The molecule has 133 valence electrons. The van der Waals surface area contributed by atoms with E-state index in [2.05, 4.69) is 69.7 Å². The van der Waals surface area contributed by atoms with Gasteiger partial charge < -0.3 is 21.3 Å². The quantitative estimate of drug-likeness (QED) is 0.500. The first-order valence-electron chi connectivity index (χ1n) is 7.91. The molecule has 0 saturated heterocycles. The fourth-order valence-electron chi connectivity index (χ4n) is 1.63. The molecule has 0 aromatic carbocycles. The van der Waals surface area contributed by atoms with Crippen molar-refractivity contribution in [3.63, 3.8) is 0 Å². The number of hydrogen-bond donors (Lipinski definition) is 0. The molecule has 2 atom stereocenters. The molecule has 0 rings (SSSR count). The van der Waals surface area contributed by atoms with Crippen LogP contribution in [0.5, 0.6) is 0 Å². The third-order valence-electron chi connectivity index (χ3n) is 2.54. The van der Waals surface area contributed by atoms with Crippen LogP contribution in [0.1, 0.15) is 61.8 Å². The van der Waals surface area contributed by atoms with E-state index in [4.69, 9.17) is 0 Å². The fraction of sp³-hybridized carbons (Fsp3) is 1.00. The smallest absolute Gasteiger partial charge is 0 e. The van der Waals surface area contributed by atoms with E-state index in [-0.39, 0.29) is 22.3 Å². The van der Waals surface area contributed by atoms with Gasteiger partial charge in [-0.05, 0) is 0 Å². The van der Waals surface area contributed by atoms with Crippen LogP contribution in [0.4, 0.5) is 0 Å². The Balaban J connectivity index is -0.000000300. The first-order valence-corrected chi connectivity index (χ1v) is 7.91. The molecule has 0 aliphatic carbocycles. The second-order valence-electron chi connectivity index (χ2n) is 5.94. The van der Waals surface area contributed by atoms with Crippen molar-refractivity contribution in [2.75, 3.05) is 26.3 Å². The van der Waals surface area contributed by atoms with Crippen molar-refractivity contribution in [1.29, 1.82) is 0 Å². The molecule has 4 nitrogen and oxygen atoms in total. The van der Waals surface area contributed by atoms with Gasteiger partial charge in [0.15, 0.2) is 0 Å². The molecule has 2 unspecified atom stereocenters. The van der Waals surface area contributed by atoms with Crippen molar-refractivity contribution >= 4 is 0 Å². The van der Waals surface area contributed by atoms with Crippen molar-refractivity contribution in [3.05, 3.63) is 21.3 Å². The van der Waals surface area contributed by atoms with Gasteiger partial charge in [-0.2, -0.15) is 19.6 Å². The summed E-state index contributed by atoms with van der Waals surface area (Å²) in [5.41, 5.74) is 0.0820. The summed E-state index contributed by atoms with van der Waals surface area (Å²) in [6, 6.07) is 0.954. The summed E-state index contributed by atoms with van der Waals surface area (Å²) in [6.07, 6.45) is 1.10. The zero-order valence-electron chi connectivity index (χ0n) is 15.3. The Morgan fingerprint density at radius 1 is 0.810 bits per heavy atom. The first kappa shape index (κ1) is 26.3. The molecule has 0 N–H and O–H groups in total. The second kappa shape index (κ2) is 16.7. The molecule has 0 bridgehead atoms.